The van der Waals surface area contributed by atoms with E-state index in [2.05, 4.69) is 15.9 Å². The van der Waals surface area contributed by atoms with E-state index in [1.165, 1.54) is 6.07 Å². The highest BCUT2D eigenvalue weighted by Gasteiger charge is 2.20. The molecule has 102 valence electrons. The summed E-state index contributed by atoms with van der Waals surface area (Å²) in [4.78, 5) is 0. The zero-order chi connectivity index (χ0) is 13.9. The molecule has 0 saturated heterocycles. The van der Waals surface area contributed by atoms with Crippen molar-refractivity contribution in [2.45, 2.75) is 44.8 Å². The Morgan fingerprint density at radius 3 is 2.56 bits per heavy atom. The van der Waals surface area contributed by atoms with Gasteiger partial charge in [-0.3, -0.25) is 4.21 Å². The van der Waals surface area contributed by atoms with Crippen LogP contribution < -0.4 is 0 Å². The molecule has 0 fully saturated rings. The Kier molecular flexibility index (Phi) is 5.53. The highest BCUT2D eigenvalue weighted by Crippen LogP contribution is 2.26. The van der Waals surface area contributed by atoms with Gasteiger partial charge in [0.1, 0.15) is 5.82 Å². The van der Waals surface area contributed by atoms with Gasteiger partial charge in [-0.2, -0.15) is 0 Å². The van der Waals surface area contributed by atoms with Gasteiger partial charge in [0.2, 0.25) is 0 Å². The Morgan fingerprint density at radius 1 is 1.39 bits per heavy atom. The van der Waals surface area contributed by atoms with Crippen molar-refractivity contribution in [1.29, 1.82) is 0 Å². The molecule has 0 bridgehead atoms. The first kappa shape index (κ1) is 15.8. The largest absolute Gasteiger partial charge is 0.259 e. The molecule has 1 aromatic rings. The molecular weight excluding hydrogens is 315 g/mol. The summed E-state index contributed by atoms with van der Waals surface area (Å²) in [5.74, 6) is 0.498. The van der Waals surface area contributed by atoms with Crippen molar-refractivity contribution in [3.05, 3.63) is 34.1 Å². The fourth-order valence-corrected chi connectivity index (χ4v) is 3.20. The second kappa shape index (κ2) is 6.29. The predicted molar refractivity (Wildman–Crippen MR) is 79.9 cm³/mol. The third-order valence-electron chi connectivity index (χ3n) is 2.91. The molecule has 0 aliphatic rings. The maximum absolute atomic E-state index is 13.7. The van der Waals surface area contributed by atoms with Gasteiger partial charge in [-0.25, -0.2) is 4.39 Å². The minimum Gasteiger partial charge on any atom is -0.259 e. The molecule has 0 spiro atoms. The van der Waals surface area contributed by atoms with Gasteiger partial charge in [0.15, 0.2) is 0 Å². The molecule has 1 aromatic carbocycles. The molecular formula is C14H20BrFOS. The smallest absolute Gasteiger partial charge is 0.126 e. The Hall–Kier alpha value is -0.220. The Balaban J connectivity index is 2.69. The molecule has 0 N–H and O–H groups in total. The van der Waals surface area contributed by atoms with E-state index in [0.29, 0.717) is 11.3 Å². The Labute approximate surface area is 120 Å². The summed E-state index contributed by atoms with van der Waals surface area (Å²) >= 11 is 3.35. The summed E-state index contributed by atoms with van der Waals surface area (Å²) in [5.41, 5.74) is 0.690. The van der Waals surface area contributed by atoms with Gasteiger partial charge < -0.3 is 0 Å². The first-order valence-electron chi connectivity index (χ1n) is 6.05. The molecule has 0 aliphatic carbocycles. The fraction of sp³-hybridized carbons (Fsp3) is 0.571. The number of hydrogen-bond donors (Lipinski definition) is 0. The molecule has 0 aromatic heterocycles. The van der Waals surface area contributed by atoms with Gasteiger partial charge in [0.25, 0.3) is 0 Å². The van der Waals surface area contributed by atoms with Gasteiger partial charge in [-0.15, -0.1) is 0 Å². The summed E-state index contributed by atoms with van der Waals surface area (Å²) in [7, 11) is -0.878. The van der Waals surface area contributed by atoms with Crippen LogP contribution in [0.1, 0.15) is 45.6 Å². The van der Waals surface area contributed by atoms with Crippen molar-refractivity contribution >= 4 is 26.7 Å². The van der Waals surface area contributed by atoms with Gasteiger partial charge >= 0.3 is 0 Å². The van der Waals surface area contributed by atoms with Crippen molar-refractivity contribution in [2.24, 2.45) is 0 Å². The molecule has 1 rings (SSSR count). The molecule has 0 unspecified atom stereocenters. The summed E-state index contributed by atoms with van der Waals surface area (Å²) in [6, 6.07) is 4.97. The van der Waals surface area contributed by atoms with E-state index in [-0.39, 0.29) is 16.5 Å². The van der Waals surface area contributed by atoms with Crippen LogP contribution in [0.3, 0.4) is 0 Å². The van der Waals surface area contributed by atoms with E-state index in [9.17, 15) is 8.60 Å². The number of halogens is 2. The summed E-state index contributed by atoms with van der Waals surface area (Å²) < 4.78 is 26.3. The predicted octanol–water partition coefficient (Wildman–Crippen LogP) is 4.63. The zero-order valence-corrected chi connectivity index (χ0v) is 13.7. The van der Waals surface area contributed by atoms with Crippen LogP contribution in [0.5, 0.6) is 0 Å². The van der Waals surface area contributed by atoms with E-state index < -0.39 is 10.8 Å². The maximum atomic E-state index is 13.7. The van der Waals surface area contributed by atoms with Crippen LogP contribution in [0.2, 0.25) is 0 Å². The molecule has 4 heteroatoms. The van der Waals surface area contributed by atoms with Crippen LogP contribution in [0.4, 0.5) is 4.39 Å². The second-order valence-electron chi connectivity index (χ2n) is 5.52. The Morgan fingerprint density at radius 2 is 2.00 bits per heavy atom. The van der Waals surface area contributed by atoms with Crippen molar-refractivity contribution in [3.8, 4) is 0 Å². The van der Waals surface area contributed by atoms with Crippen molar-refractivity contribution in [3.63, 3.8) is 0 Å². The van der Waals surface area contributed by atoms with Gasteiger partial charge in [-0.1, -0.05) is 22.9 Å². The molecule has 2 atom stereocenters. The second-order valence-corrected chi connectivity index (χ2v) is 8.76. The molecule has 0 aliphatic heterocycles. The quantitative estimate of drug-likeness (QED) is 0.784. The number of benzene rings is 1. The summed E-state index contributed by atoms with van der Waals surface area (Å²) in [5, 5.41) is 0. The molecule has 0 saturated carbocycles. The van der Waals surface area contributed by atoms with E-state index in [1.54, 1.807) is 12.1 Å². The average molecular weight is 335 g/mol. The van der Waals surface area contributed by atoms with Gasteiger partial charge in [0.05, 0.1) is 0 Å². The topological polar surface area (TPSA) is 17.1 Å². The molecule has 1 nitrogen and oxygen atoms in total. The van der Waals surface area contributed by atoms with E-state index in [4.69, 9.17) is 0 Å². The third-order valence-corrected chi connectivity index (χ3v) is 5.37. The number of rotatable bonds is 4. The third kappa shape index (κ3) is 4.47. The fourth-order valence-electron chi connectivity index (χ4n) is 1.64. The molecule has 0 heterocycles. The molecule has 0 amide bonds. The van der Waals surface area contributed by atoms with E-state index in [0.717, 1.165) is 10.9 Å². The lowest BCUT2D eigenvalue weighted by molar-refractivity contribution is 0.581. The summed E-state index contributed by atoms with van der Waals surface area (Å²) in [6.07, 6.45) is 0.733. The lowest BCUT2D eigenvalue weighted by Gasteiger charge is -2.19. The van der Waals surface area contributed by atoms with Crippen LogP contribution in [-0.2, 0) is 10.8 Å². The van der Waals surface area contributed by atoms with E-state index in [1.807, 2.05) is 27.7 Å². The minimum atomic E-state index is -0.878. The highest BCUT2D eigenvalue weighted by atomic mass is 79.9. The van der Waals surface area contributed by atoms with Crippen LogP contribution in [0, 0.1) is 5.82 Å². The van der Waals surface area contributed by atoms with Gasteiger partial charge in [-0.05, 0) is 56.9 Å². The highest BCUT2D eigenvalue weighted by molar-refractivity contribution is 9.10. The molecule has 18 heavy (non-hydrogen) atoms. The first-order chi connectivity index (χ1) is 8.21. The standard InChI is InChI=1S/C14H20BrFOS/c1-10(7-8-18(17)14(2,3)4)12-9-11(15)5-6-13(12)16/h5-6,9-10H,7-8H2,1-4H3/t10-,18+/m0/s1. The lowest BCUT2D eigenvalue weighted by Crippen LogP contribution is -2.24. The lowest BCUT2D eigenvalue weighted by atomic mass is 9.98. The number of hydrogen-bond acceptors (Lipinski definition) is 1. The monoisotopic (exact) mass is 334 g/mol. The van der Waals surface area contributed by atoms with Crippen molar-refractivity contribution in [2.75, 3.05) is 5.75 Å². The maximum Gasteiger partial charge on any atom is 0.126 e. The zero-order valence-electron chi connectivity index (χ0n) is 11.3. The van der Waals surface area contributed by atoms with E-state index >= 15 is 0 Å². The first-order valence-corrected chi connectivity index (χ1v) is 8.16. The van der Waals surface area contributed by atoms with Gasteiger partial charge in [0, 0.05) is 25.8 Å². The SMILES string of the molecule is C[C@@H](CC[S@@](=O)C(C)(C)C)c1cc(Br)ccc1F. The van der Waals surface area contributed by atoms with Crippen molar-refractivity contribution in [1.82, 2.24) is 0 Å². The van der Waals surface area contributed by atoms with Crippen LogP contribution in [-0.4, -0.2) is 14.7 Å². The van der Waals surface area contributed by atoms with Crippen LogP contribution >= 0.6 is 15.9 Å². The Bertz CT molecular complexity index is 440. The van der Waals surface area contributed by atoms with Crippen LogP contribution in [0.15, 0.2) is 22.7 Å². The molecule has 0 radical (unpaired) electrons. The van der Waals surface area contributed by atoms with Crippen molar-refractivity contribution < 1.29 is 8.60 Å². The average Bonchev–Trinajstić information content (AvgIpc) is 2.27. The summed E-state index contributed by atoms with van der Waals surface area (Å²) in [6.45, 7) is 7.87. The minimum absolute atomic E-state index is 0.0776. The normalized spacial score (nSPS) is 15.4. The van der Waals surface area contributed by atoms with Crippen LogP contribution in [0.25, 0.3) is 0 Å².